The third kappa shape index (κ3) is 7.03. The van der Waals surface area contributed by atoms with Crippen LogP contribution >= 0.6 is 0 Å². The van der Waals surface area contributed by atoms with Gasteiger partial charge in [-0.2, -0.15) is 0 Å². The molecule has 13 heteroatoms. The summed E-state index contributed by atoms with van der Waals surface area (Å²) >= 11 is 0. The summed E-state index contributed by atoms with van der Waals surface area (Å²) in [6.07, 6.45) is 3.62. The van der Waals surface area contributed by atoms with Crippen molar-refractivity contribution in [1.29, 1.82) is 0 Å². The fraction of sp³-hybridized carbons (Fsp3) is 0.486. The Labute approximate surface area is 290 Å². The quantitative estimate of drug-likeness (QED) is 0.143. The normalized spacial score (nSPS) is 33.2. The number of phenolic OH excluding ortho intramolecular Hbond substituents is 3. The van der Waals surface area contributed by atoms with Gasteiger partial charge in [0.2, 0.25) is 0 Å². The first-order valence-electron chi connectivity index (χ1n) is 16.4. The van der Waals surface area contributed by atoms with Crippen molar-refractivity contribution >= 4 is 34.1 Å². The maximum absolute atomic E-state index is 13.9. The number of allylic oxidation sites excluding steroid dienone is 2. The first kappa shape index (κ1) is 38.2. The lowest BCUT2D eigenvalue weighted by Crippen LogP contribution is -2.46. The van der Waals surface area contributed by atoms with Gasteiger partial charge in [-0.25, -0.2) is 0 Å². The molecule has 0 aromatic heterocycles. The number of carbonyl (C=O) groups is 3. The maximum atomic E-state index is 13.9. The predicted octanol–water partition coefficient (Wildman–Crippen LogP) is 4.75. The van der Waals surface area contributed by atoms with E-state index in [2.05, 4.69) is 5.32 Å². The Morgan fingerprint density at radius 1 is 0.940 bits per heavy atom. The van der Waals surface area contributed by atoms with Crippen LogP contribution in [0.5, 0.6) is 23.0 Å². The molecule has 50 heavy (non-hydrogen) atoms. The maximum Gasteiger partial charge on any atom is 0.312 e. The smallest absolute Gasteiger partial charge is 0.312 e. The van der Waals surface area contributed by atoms with Gasteiger partial charge >= 0.3 is 11.8 Å². The van der Waals surface area contributed by atoms with Crippen LogP contribution in [0.3, 0.4) is 0 Å². The Morgan fingerprint density at radius 3 is 2.22 bits per heavy atom. The van der Waals surface area contributed by atoms with Gasteiger partial charge in [0.1, 0.15) is 23.4 Å². The number of Topliss-reactive ketones (excluding diaryl/α,β-unsaturated/α-hetero) is 1. The monoisotopic (exact) mass is 697 g/mol. The molecule has 0 unspecified atom stereocenters. The lowest BCUT2D eigenvalue weighted by Gasteiger charge is -2.38. The van der Waals surface area contributed by atoms with E-state index in [1.165, 1.54) is 53.2 Å². The van der Waals surface area contributed by atoms with E-state index in [1.807, 2.05) is 0 Å². The molecule has 5 bridgehead atoms. The average molecular weight is 698 g/mol. The van der Waals surface area contributed by atoms with Gasteiger partial charge in [0, 0.05) is 67.2 Å². The summed E-state index contributed by atoms with van der Waals surface area (Å²) in [6.45, 7) is 12.5. The van der Waals surface area contributed by atoms with Crippen molar-refractivity contribution in [2.45, 2.75) is 85.6 Å². The number of hydrogen-bond donors (Lipinski definition) is 6. The Balaban J connectivity index is 1.87. The molecule has 0 fully saturated rings. The molecular weight excluding hydrogens is 650 g/mol. The van der Waals surface area contributed by atoms with E-state index in [9.17, 15) is 39.9 Å². The van der Waals surface area contributed by atoms with Crippen molar-refractivity contribution in [2.75, 3.05) is 12.4 Å². The summed E-state index contributed by atoms with van der Waals surface area (Å²) < 4.78 is 23.2. The number of hydrogen-bond acceptors (Lipinski definition) is 12. The minimum absolute atomic E-state index is 0.0709. The predicted molar refractivity (Wildman–Crippen MR) is 184 cm³/mol. The molecule has 0 radical (unpaired) electrons. The van der Waals surface area contributed by atoms with Crippen LogP contribution in [0.1, 0.15) is 64.4 Å². The molecule has 0 saturated carbocycles. The molecule has 3 heterocycles. The van der Waals surface area contributed by atoms with Gasteiger partial charge in [-0.3, -0.25) is 14.4 Å². The summed E-state index contributed by atoms with van der Waals surface area (Å²) in [7, 11) is 1.43. The molecule has 6 N–H and O–H groups in total. The summed E-state index contributed by atoms with van der Waals surface area (Å²) in [6, 6.07) is 1.06. The van der Waals surface area contributed by atoms with Crippen molar-refractivity contribution < 1.29 is 58.9 Å². The lowest BCUT2D eigenvalue weighted by molar-refractivity contribution is -0.160. The van der Waals surface area contributed by atoms with Gasteiger partial charge < -0.3 is 49.8 Å². The van der Waals surface area contributed by atoms with Crippen molar-refractivity contribution in [3.8, 4) is 23.0 Å². The Bertz CT molecular complexity index is 1760. The van der Waals surface area contributed by atoms with Gasteiger partial charge in [-0.05, 0) is 19.9 Å². The summed E-state index contributed by atoms with van der Waals surface area (Å²) in [5.74, 6) is -7.99. The van der Waals surface area contributed by atoms with Crippen molar-refractivity contribution in [1.82, 2.24) is 0 Å². The molecule has 9 atom stereocenters. The number of amides is 1. The first-order valence-corrected chi connectivity index (χ1v) is 16.4. The van der Waals surface area contributed by atoms with Crippen LogP contribution in [0.15, 0.2) is 42.2 Å². The molecule has 0 aliphatic carbocycles. The SMILES string of the molecule is CO[C@@H]1/C=C\O[C@@]2(C)Oc3c(C)c(O)c4c(O)c(cc(O)c4c3C2=O)NC(=O)/C(C)=C/C=C\[C@H](C)[C@@H](O)[C@H](C)[C@H](O)[C@H](C)[C@H](OC(C)=O)[C@H]1C. The molecule has 272 valence electrons. The summed E-state index contributed by atoms with van der Waals surface area (Å²) in [5.41, 5.74) is -0.0929. The number of rotatable bonds is 2. The third-order valence-corrected chi connectivity index (χ3v) is 9.84. The van der Waals surface area contributed by atoms with Crippen LogP contribution in [0.25, 0.3) is 10.8 Å². The topological polar surface area (TPSA) is 201 Å². The minimum atomic E-state index is -1.98. The van der Waals surface area contributed by atoms with Crippen LogP contribution in [0.2, 0.25) is 0 Å². The number of carbonyl (C=O) groups excluding carboxylic acids is 3. The van der Waals surface area contributed by atoms with E-state index < -0.39 is 88.8 Å². The zero-order valence-corrected chi connectivity index (χ0v) is 29.7. The largest absolute Gasteiger partial charge is 0.507 e. The third-order valence-electron chi connectivity index (χ3n) is 9.84. The summed E-state index contributed by atoms with van der Waals surface area (Å²) in [5, 5.41) is 58.2. The fourth-order valence-electron chi connectivity index (χ4n) is 6.65. The lowest BCUT2D eigenvalue weighted by atomic mass is 9.78. The Hall–Kier alpha value is -4.59. The Kier molecular flexibility index (Phi) is 11.2. The number of fused-ring (bicyclic) bond motifs is 14. The highest BCUT2D eigenvalue weighted by Gasteiger charge is 2.49. The molecule has 0 saturated heterocycles. The number of benzene rings is 2. The molecular formula is C37H47NO12. The number of esters is 1. The molecule has 2 aromatic rings. The molecule has 3 aliphatic rings. The van der Waals surface area contributed by atoms with E-state index in [1.54, 1.807) is 39.8 Å². The van der Waals surface area contributed by atoms with E-state index >= 15 is 0 Å². The molecule has 5 rings (SSSR count). The highest BCUT2D eigenvalue weighted by Crippen LogP contribution is 2.53. The molecule has 0 spiro atoms. The number of nitrogens with one attached hydrogen (secondary N) is 1. The van der Waals surface area contributed by atoms with Gasteiger partial charge in [-0.15, -0.1) is 0 Å². The number of aliphatic hydroxyl groups is 2. The number of phenols is 3. The second-order valence-corrected chi connectivity index (χ2v) is 13.4. The second kappa shape index (κ2) is 14.7. The zero-order valence-electron chi connectivity index (χ0n) is 29.7. The second-order valence-electron chi connectivity index (χ2n) is 13.4. The van der Waals surface area contributed by atoms with Gasteiger partial charge in [-0.1, -0.05) is 45.9 Å². The van der Waals surface area contributed by atoms with Crippen LogP contribution in [-0.4, -0.2) is 80.5 Å². The highest BCUT2D eigenvalue weighted by atomic mass is 16.7. The van der Waals surface area contributed by atoms with Crippen LogP contribution < -0.4 is 10.1 Å². The number of anilines is 1. The number of aromatic hydroxyl groups is 3. The van der Waals surface area contributed by atoms with Crippen LogP contribution in [0.4, 0.5) is 5.69 Å². The number of aliphatic hydroxyl groups excluding tert-OH is 2. The standard InChI is InChI=1S/C37H47NO12/c1-16-11-10-12-17(2)36(46)38-23-15-24(40)26-27(32(23)44)31(43)21(6)34-28(26)35(45)37(8,50-34)48-14-13-25(47-9)18(3)33(49-22(7)39)20(5)30(42)19(4)29(16)41/h10-16,18-20,25,29-30,33,40-44H,1-9H3,(H,38,46)/b11-10-,14-13-,17-12+/t16-,18-,19-,20-,25+,29+,30-,33+,37-/m0/s1. The molecule has 13 nitrogen and oxygen atoms in total. The van der Waals surface area contributed by atoms with E-state index in [0.29, 0.717) is 0 Å². The van der Waals surface area contributed by atoms with Crippen LogP contribution in [-0.2, 0) is 23.8 Å². The van der Waals surface area contributed by atoms with Crippen LogP contribution in [0, 0.1) is 30.6 Å². The van der Waals surface area contributed by atoms with Crippen molar-refractivity contribution in [2.24, 2.45) is 23.7 Å². The Morgan fingerprint density at radius 2 is 1.60 bits per heavy atom. The van der Waals surface area contributed by atoms with E-state index in [4.69, 9.17) is 18.9 Å². The molecule has 3 aliphatic heterocycles. The first-order chi connectivity index (χ1) is 23.4. The fourth-order valence-corrected chi connectivity index (χ4v) is 6.65. The number of ketones is 1. The average Bonchev–Trinajstić information content (AvgIpc) is 3.33. The molecule has 1 amide bonds. The van der Waals surface area contributed by atoms with Gasteiger partial charge in [0.05, 0.1) is 41.2 Å². The minimum Gasteiger partial charge on any atom is -0.507 e. The van der Waals surface area contributed by atoms with Gasteiger partial charge in [0.15, 0.2) is 5.75 Å². The number of ether oxygens (including phenoxy) is 4. The van der Waals surface area contributed by atoms with Crippen molar-refractivity contribution in [3.05, 3.63) is 53.3 Å². The van der Waals surface area contributed by atoms with E-state index in [0.717, 1.165) is 6.07 Å². The highest BCUT2D eigenvalue weighted by molar-refractivity contribution is 6.21. The van der Waals surface area contributed by atoms with E-state index in [-0.39, 0.29) is 38.9 Å². The summed E-state index contributed by atoms with van der Waals surface area (Å²) in [4.78, 5) is 39.2. The number of methoxy groups -OCH3 is 1. The zero-order chi connectivity index (χ0) is 37.4. The molecule has 2 aromatic carbocycles. The van der Waals surface area contributed by atoms with Crippen molar-refractivity contribution in [3.63, 3.8) is 0 Å². The van der Waals surface area contributed by atoms with Gasteiger partial charge in [0.25, 0.3) is 11.7 Å².